The van der Waals surface area contributed by atoms with Gasteiger partial charge in [0, 0.05) is 19.0 Å². The fourth-order valence-corrected chi connectivity index (χ4v) is 4.00. The molecule has 2 aromatic carbocycles. The van der Waals surface area contributed by atoms with Crippen LogP contribution in [0, 0.1) is 11.6 Å². The summed E-state index contributed by atoms with van der Waals surface area (Å²) in [5, 5.41) is 14.4. The fourth-order valence-electron chi connectivity index (χ4n) is 4.00. The summed E-state index contributed by atoms with van der Waals surface area (Å²) in [5.74, 6) is -2.70. The van der Waals surface area contributed by atoms with Crippen LogP contribution >= 0.6 is 0 Å². The lowest BCUT2D eigenvalue weighted by Crippen LogP contribution is -2.46. The lowest BCUT2D eigenvalue weighted by molar-refractivity contribution is 0.0645. The Kier molecular flexibility index (Phi) is 5.07. The predicted molar refractivity (Wildman–Crippen MR) is 105 cm³/mol. The van der Waals surface area contributed by atoms with Crippen molar-refractivity contribution in [2.75, 3.05) is 13.1 Å². The predicted octanol–water partition coefficient (Wildman–Crippen LogP) is 3.08. The van der Waals surface area contributed by atoms with E-state index in [0.29, 0.717) is 17.7 Å². The normalized spacial score (nSPS) is 16.1. The number of aromatic nitrogens is 2. The van der Waals surface area contributed by atoms with Crippen molar-refractivity contribution in [3.8, 4) is 5.75 Å². The number of aromatic hydroxyl groups is 1. The molecule has 4 rings (SSSR count). The summed E-state index contributed by atoms with van der Waals surface area (Å²) < 4.78 is 29.4. The van der Waals surface area contributed by atoms with E-state index in [2.05, 4.69) is 5.10 Å². The zero-order chi connectivity index (χ0) is 21.4. The van der Waals surface area contributed by atoms with Gasteiger partial charge in [0.25, 0.3) is 5.91 Å². The summed E-state index contributed by atoms with van der Waals surface area (Å²) in [5.41, 5.74) is 0.127. The van der Waals surface area contributed by atoms with Gasteiger partial charge >= 0.3 is 0 Å². The van der Waals surface area contributed by atoms with Crippen LogP contribution in [0.3, 0.4) is 0 Å². The minimum absolute atomic E-state index is 0.190. The molecule has 0 radical (unpaired) electrons. The van der Waals surface area contributed by atoms with Crippen LogP contribution in [-0.4, -0.2) is 38.8 Å². The van der Waals surface area contributed by atoms with Gasteiger partial charge in [0.15, 0.2) is 11.4 Å². The first-order chi connectivity index (χ1) is 14.4. The van der Waals surface area contributed by atoms with Gasteiger partial charge in [0.1, 0.15) is 11.6 Å². The van der Waals surface area contributed by atoms with Gasteiger partial charge in [-0.2, -0.15) is 5.10 Å². The molecule has 0 unspecified atom stereocenters. The van der Waals surface area contributed by atoms with Gasteiger partial charge < -0.3 is 10.0 Å². The average Bonchev–Trinajstić information content (AvgIpc) is 2.72. The molecule has 1 aliphatic heterocycles. The van der Waals surface area contributed by atoms with E-state index in [1.165, 1.54) is 33.8 Å². The molecule has 0 fully saturated rings. The molecule has 3 aromatic rings. The molecular weight excluding hydrogens is 392 g/mol. The van der Waals surface area contributed by atoms with Crippen molar-refractivity contribution in [1.29, 1.82) is 0 Å². The molecule has 6 nitrogen and oxygen atoms in total. The van der Waals surface area contributed by atoms with E-state index in [1.807, 2.05) is 0 Å². The van der Waals surface area contributed by atoms with Gasteiger partial charge in [-0.15, -0.1) is 0 Å². The average molecular weight is 411 g/mol. The Hall–Kier alpha value is -3.55. The van der Waals surface area contributed by atoms with Crippen molar-refractivity contribution in [3.63, 3.8) is 0 Å². The molecule has 0 saturated carbocycles. The van der Waals surface area contributed by atoms with Crippen LogP contribution in [0.5, 0.6) is 5.75 Å². The molecule has 1 amide bonds. The quantitative estimate of drug-likeness (QED) is 0.716. The van der Waals surface area contributed by atoms with Crippen molar-refractivity contribution in [3.05, 3.63) is 93.4 Å². The third kappa shape index (κ3) is 3.34. The third-order valence-corrected chi connectivity index (χ3v) is 5.38. The highest BCUT2D eigenvalue weighted by molar-refractivity contribution is 5.95. The van der Waals surface area contributed by atoms with Gasteiger partial charge in [-0.3, -0.25) is 14.3 Å². The number of carbonyl (C=O) groups excluding carboxylic acids is 1. The number of hydrogen-bond acceptors (Lipinski definition) is 4. The van der Waals surface area contributed by atoms with Gasteiger partial charge in [0.05, 0.1) is 12.2 Å². The van der Waals surface area contributed by atoms with E-state index in [0.717, 1.165) is 6.20 Å². The highest BCUT2D eigenvalue weighted by Crippen LogP contribution is 2.39. The molecule has 0 bridgehead atoms. The number of nitrogens with zero attached hydrogens (tertiary/aromatic N) is 3. The van der Waals surface area contributed by atoms with Crippen LogP contribution in [-0.2, 0) is 0 Å². The molecule has 1 N–H and O–H groups in total. The largest absolute Gasteiger partial charge is 0.502 e. The lowest BCUT2D eigenvalue weighted by Gasteiger charge is -2.38. The second-order valence-corrected chi connectivity index (χ2v) is 7.15. The Morgan fingerprint density at radius 1 is 1.10 bits per heavy atom. The van der Waals surface area contributed by atoms with E-state index in [9.17, 15) is 23.5 Å². The number of amides is 1. The molecule has 0 aliphatic carbocycles. The molecule has 0 saturated heterocycles. The lowest BCUT2D eigenvalue weighted by atomic mass is 9.83. The SMILES string of the molecule is CCN1C[C@H](C(c2cccc(F)c2)c2cccc(F)c2)n2ncc(=O)c(O)c2C1=O. The molecule has 30 heavy (non-hydrogen) atoms. The number of benzene rings is 2. The first-order valence-corrected chi connectivity index (χ1v) is 9.51. The van der Waals surface area contributed by atoms with Crippen LogP contribution in [0.1, 0.15) is 40.5 Å². The minimum Gasteiger partial charge on any atom is -0.502 e. The fraction of sp³-hybridized carbons (Fsp3) is 0.227. The summed E-state index contributed by atoms with van der Waals surface area (Å²) in [6, 6.07) is 11.3. The maximum atomic E-state index is 14.1. The second kappa shape index (κ2) is 7.70. The Bertz CT molecular complexity index is 1130. The number of halogens is 2. The first-order valence-electron chi connectivity index (χ1n) is 9.51. The molecular formula is C22H19F2N3O3. The minimum atomic E-state index is -0.764. The van der Waals surface area contributed by atoms with Crippen LogP contribution in [0.15, 0.2) is 59.5 Å². The van der Waals surface area contributed by atoms with E-state index in [1.54, 1.807) is 31.2 Å². The van der Waals surface area contributed by atoms with E-state index in [-0.39, 0.29) is 12.2 Å². The zero-order valence-electron chi connectivity index (χ0n) is 16.1. The Morgan fingerprint density at radius 3 is 2.23 bits per heavy atom. The molecule has 0 spiro atoms. The Balaban J connectivity index is 1.97. The van der Waals surface area contributed by atoms with Crippen molar-refractivity contribution in [1.82, 2.24) is 14.7 Å². The standard InChI is InChI=1S/C22H19F2N3O3/c1-2-26-12-17(27-20(22(26)30)21(29)18(28)11-25-27)19(13-5-3-7-15(23)9-13)14-6-4-8-16(24)10-14/h3-11,17,19,29H,2,12H2,1H3/t17-/m1/s1. The van der Waals surface area contributed by atoms with E-state index in [4.69, 9.17) is 0 Å². The molecule has 1 atom stereocenters. The summed E-state index contributed by atoms with van der Waals surface area (Å²) in [7, 11) is 0. The maximum Gasteiger partial charge on any atom is 0.276 e. The Morgan fingerprint density at radius 2 is 1.70 bits per heavy atom. The number of hydrogen-bond donors (Lipinski definition) is 1. The molecule has 1 aromatic heterocycles. The smallest absolute Gasteiger partial charge is 0.276 e. The molecule has 8 heteroatoms. The first kappa shape index (κ1) is 19.8. The van der Waals surface area contributed by atoms with Crippen LogP contribution in [0.2, 0.25) is 0 Å². The molecule has 2 heterocycles. The van der Waals surface area contributed by atoms with E-state index >= 15 is 0 Å². The van der Waals surface area contributed by atoms with Crippen LogP contribution in [0.4, 0.5) is 8.78 Å². The second-order valence-electron chi connectivity index (χ2n) is 7.15. The maximum absolute atomic E-state index is 14.1. The summed E-state index contributed by atoms with van der Waals surface area (Å²) in [6.45, 7) is 2.29. The number of carbonyl (C=O) groups is 1. The summed E-state index contributed by atoms with van der Waals surface area (Å²) in [6.07, 6.45) is 0.939. The highest BCUT2D eigenvalue weighted by atomic mass is 19.1. The van der Waals surface area contributed by atoms with Crippen LogP contribution in [0.25, 0.3) is 0 Å². The third-order valence-electron chi connectivity index (χ3n) is 5.38. The van der Waals surface area contributed by atoms with Crippen molar-refractivity contribution in [2.45, 2.75) is 18.9 Å². The number of rotatable bonds is 4. The monoisotopic (exact) mass is 411 g/mol. The summed E-state index contributed by atoms with van der Waals surface area (Å²) >= 11 is 0. The Labute approximate surface area is 171 Å². The molecule has 1 aliphatic rings. The van der Waals surface area contributed by atoms with Crippen LogP contribution < -0.4 is 5.43 Å². The summed E-state index contributed by atoms with van der Waals surface area (Å²) in [4.78, 5) is 26.2. The van der Waals surface area contributed by atoms with Gasteiger partial charge in [0.2, 0.25) is 5.43 Å². The van der Waals surface area contributed by atoms with Gasteiger partial charge in [-0.05, 0) is 42.3 Å². The molecule has 154 valence electrons. The van der Waals surface area contributed by atoms with Crippen molar-refractivity contribution < 1.29 is 18.7 Å². The van der Waals surface area contributed by atoms with Crippen molar-refractivity contribution >= 4 is 5.91 Å². The topological polar surface area (TPSA) is 75.4 Å². The van der Waals surface area contributed by atoms with Crippen molar-refractivity contribution in [2.24, 2.45) is 0 Å². The van der Waals surface area contributed by atoms with Gasteiger partial charge in [-0.1, -0.05) is 24.3 Å². The number of likely N-dealkylation sites (N-methyl/N-ethyl adjacent to an activating group) is 1. The number of fused-ring (bicyclic) bond motifs is 1. The highest BCUT2D eigenvalue weighted by Gasteiger charge is 2.39. The van der Waals surface area contributed by atoms with Gasteiger partial charge in [-0.25, -0.2) is 8.78 Å². The van der Waals surface area contributed by atoms with E-state index < -0.39 is 40.7 Å². The zero-order valence-corrected chi connectivity index (χ0v) is 16.1.